The van der Waals surface area contributed by atoms with Crippen molar-refractivity contribution in [3.8, 4) is 11.5 Å². The van der Waals surface area contributed by atoms with E-state index in [1.807, 2.05) is 36.4 Å². The monoisotopic (exact) mass is 408 g/mol. The Morgan fingerprint density at radius 1 is 0.935 bits per heavy atom. The summed E-state index contributed by atoms with van der Waals surface area (Å²) in [5.41, 5.74) is 4.79. The third-order valence-electron chi connectivity index (χ3n) is 5.67. The summed E-state index contributed by atoms with van der Waals surface area (Å²) in [5.74, 6) is 1.39. The Labute approximate surface area is 181 Å². The van der Waals surface area contributed by atoms with Crippen molar-refractivity contribution >= 4 is 33.4 Å². The van der Waals surface area contributed by atoms with Crippen LogP contribution < -0.4 is 10.3 Å². The molecular weight excluding hydrogens is 384 g/mol. The summed E-state index contributed by atoms with van der Waals surface area (Å²) in [6.45, 7) is 8.31. The van der Waals surface area contributed by atoms with Gasteiger partial charge in [0.15, 0.2) is 17.2 Å². The van der Waals surface area contributed by atoms with Gasteiger partial charge in [0.25, 0.3) is 0 Å². The van der Waals surface area contributed by atoms with Crippen LogP contribution in [0.1, 0.15) is 19.4 Å². The molecule has 1 aliphatic heterocycles. The minimum Gasteiger partial charge on any atom is -0.453 e. The quantitative estimate of drug-likeness (QED) is 0.276. The lowest BCUT2D eigenvalue weighted by Gasteiger charge is -2.22. The van der Waals surface area contributed by atoms with E-state index in [4.69, 9.17) is 14.4 Å². The lowest BCUT2D eigenvalue weighted by Crippen LogP contribution is -2.21. The van der Waals surface area contributed by atoms with Crippen molar-refractivity contribution in [1.29, 1.82) is 0 Å². The summed E-state index contributed by atoms with van der Waals surface area (Å²) in [4.78, 5) is 16.5. The fraction of sp³-hybridized carbons (Fsp3) is 0.192. The van der Waals surface area contributed by atoms with Gasteiger partial charge >= 0.3 is 0 Å². The number of fused-ring (bicyclic) bond motifs is 4. The highest BCUT2D eigenvalue weighted by atomic mass is 16.3. The van der Waals surface area contributed by atoms with Crippen LogP contribution in [0.15, 0.2) is 76.3 Å². The summed E-state index contributed by atoms with van der Waals surface area (Å²) in [6, 6.07) is 20.2. The second-order valence-corrected chi connectivity index (χ2v) is 7.58. The number of aromatic nitrogens is 2. The molecule has 0 N–H and O–H groups in total. The molecule has 0 atom stereocenters. The van der Waals surface area contributed by atoms with E-state index in [-0.39, 0.29) is 0 Å². The number of anilines is 1. The van der Waals surface area contributed by atoms with Crippen molar-refractivity contribution in [2.75, 3.05) is 18.0 Å². The first-order valence-electron chi connectivity index (χ1n) is 10.7. The number of hydrogen-bond acceptors (Lipinski definition) is 5. The van der Waals surface area contributed by atoms with E-state index in [0.717, 1.165) is 63.0 Å². The fourth-order valence-electron chi connectivity index (χ4n) is 4.10. The van der Waals surface area contributed by atoms with Crippen molar-refractivity contribution in [2.45, 2.75) is 20.8 Å². The average molecular weight is 409 g/mol. The molecule has 154 valence electrons. The summed E-state index contributed by atoms with van der Waals surface area (Å²) in [5, 5.41) is 2.87. The van der Waals surface area contributed by atoms with E-state index in [0.29, 0.717) is 5.82 Å². The van der Waals surface area contributed by atoms with Crippen molar-refractivity contribution < 1.29 is 4.42 Å². The van der Waals surface area contributed by atoms with Crippen molar-refractivity contribution in [3.05, 3.63) is 77.8 Å². The molecule has 0 spiro atoms. The van der Waals surface area contributed by atoms with Gasteiger partial charge in [0.2, 0.25) is 0 Å². The molecule has 0 amide bonds. The van der Waals surface area contributed by atoms with Crippen LogP contribution in [0.2, 0.25) is 0 Å². The fourth-order valence-corrected chi connectivity index (χ4v) is 4.10. The Kier molecular flexibility index (Phi) is 4.86. The molecule has 0 saturated heterocycles. The van der Waals surface area contributed by atoms with Crippen LogP contribution in [-0.4, -0.2) is 23.1 Å². The highest BCUT2D eigenvalue weighted by Crippen LogP contribution is 2.33. The lowest BCUT2D eigenvalue weighted by atomic mass is 10.0. The molecule has 31 heavy (non-hydrogen) atoms. The number of pyridine rings is 1. The highest BCUT2D eigenvalue weighted by Gasteiger charge is 2.17. The van der Waals surface area contributed by atoms with Crippen molar-refractivity contribution in [3.63, 3.8) is 0 Å². The third kappa shape index (κ3) is 3.42. The van der Waals surface area contributed by atoms with Crippen LogP contribution in [0.4, 0.5) is 11.5 Å². The Bertz CT molecular complexity index is 1420. The molecular formula is C26H24N4O. The van der Waals surface area contributed by atoms with Crippen LogP contribution in [-0.2, 0) is 0 Å². The molecule has 5 heteroatoms. The number of benzene rings is 3. The Morgan fingerprint density at radius 2 is 1.71 bits per heavy atom. The number of nitrogens with zero attached hydrogens (tertiary/aromatic N) is 4. The third-order valence-corrected chi connectivity index (χ3v) is 5.67. The maximum atomic E-state index is 6.42. The Hall–Kier alpha value is -3.73. The summed E-state index contributed by atoms with van der Waals surface area (Å²) < 4.78 is 6.42. The Morgan fingerprint density at radius 3 is 2.45 bits per heavy atom. The zero-order valence-corrected chi connectivity index (χ0v) is 18.0. The van der Waals surface area contributed by atoms with E-state index in [2.05, 4.69) is 54.9 Å². The van der Waals surface area contributed by atoms with Gasteiger partial charge in [0.05, 0.1) is 5.36 Å². The normalized spacial score (nSPS) is 12.2. The maximum absolute atomic E-state index is 6.42. The molecule has 1 aliphatic carbocycles. The number of aryl methyl sites for hydroxylation is 1. The molecule has 0 radical (unpaired) electrons. The van der Waals surface area contributed by atoms with Crippen molar-refractivity contribution in [2.24, 2.45) is 4.99 Å². The summed E-state index contributed by atoms with van der Waals surface area (Å²) >= 11 is 0. The maximum Gasteiger partial charge on any atom is 0.155 e. The van der Waals surface area contributed by atoms with Crippen molar-refractivity contribution in [1.82, 2.24) is 9.97 Å². The molecule has 3 aromatic rings. The van der Waals surface area contributed by atoms with Gasteiger partial charge in [-0.25, -0.2) is 15.0 Å². The number of rotatable bonds is 4. The van der Waals surface area contributed by atoms with Gasteiger partial charge in [-0.05, 0) is 44.5 Å². The second kappa shape index (κ2) is 7.84. The molecule has 2 heterocycles. The van der Waals surface area contributed by atoms with E-state index in [1.54, 1.807) is 6.20 Å². The smallest absolute Gasteiger partial charge is 0.155 e. The predicted molar refractivity (Wildman–Crippen MR) is 126 cm³/mol. The second-order valence-electron chi connectivity index (χ2n) is 7.58. The molecule has 2 aliphatic rings. The topological polar surface area (TPSA) is 54.5 Å². The first kappa shape index (κ1) is 19.2. The average Bonchev–Trinajstić information content (AvgIpc) is 2.80. The largest absolute Gasteiger partial charge is 0.453 e. The zero-order valence-electron chi connectivity index (χ0n) is 18.0. The lowest BCUT2D eigenvalue weighted by molar-refractivity contribution is 0.613. The molecule has 5 rings (SSSR count). The van der Waals surface area contributed by atoms with Gasteiger partial charge in [0.1, 0.15) is 11.2 Å². The van der Waals surface area contributed by atoms with Crippen LogP contribution in [0, 0.1) is 6.92 Å². The summed E-state index contributed by atoms with van der Waals surface area (Å²) in [6.07, 6.45) is 1.75. The standard InChI is InChI=1S/C26H24N4O/c1-4-30(5-2)18-14-17(3)25-22(15-18)31-23-16-21(28-24-12-8-9-13-27-24)19-10-6-7-11-20(19)26(23)29-25/h6-16H,4-5H2,1-3H3. The molecule has 0 unspecified atom stereocenters. The highest BCUT2D eigenvalue weighted by molar-refractivity contribution is 5.97. The first-order valence-corrected chi connectivity index (χ1v) is 10.7. The van der Waals surface area contributed by atoms with Gasteiger partial charge in [-0.3, -0.25) is 0 Å². The molecule has 1 aromatic heterocycles. The molecule has 0 bridgehead atoms. The van der Waals surface area contributed by atoms with Crippen LogP contribution in [0.3, 0.4) is 0 Å². The molecule has 0 saturated carbocycles. The summed E-state index contributed by atoms with van der Waals surface area (Å²) in [7, 11) is 0. The van der Waals surface area contributed by atoms with Crippen LogP contribution in [0.25, 0.3) is 33.3 Å². The SMILES string of the molecule is CCN(CC)c1cc(C)c2nc3c4ccccc4c(=Nc4ccccn4)cc-3oc2c1. The van der Waals surface area contributed by atoms with E-state index in [1.165, 1.54) is 0 Å². The zero-order chi connectivity index (χ0) is 21.4. The van der Waals surface area contributed by atoms with Gasteiger partial charge in [0, 0.05) is 47.9 Å². The molecule has 0 fully saturated rings. The minimum absolute atomic E-state index is 0.667. The van der Waals surface area contributed by atoms with E-state index in [9.17, 15) is 0 Å². The Balaban J connectivity index is 1.83. The van der Waals surface area contributed by atoms with Gasteiger partial charge in [-0.15, -0.1) is 0 Å². The van der Waals surface area contributed by atoms with Gasteiger partial charge < -0.3 is 9.32 Å². The van der Waals surface area contributed by atoms with E-state index >= 15 is 0 Å². The van der Waals surface area contributed by atoms with Gasteiger partial charge in [-0.1, -0.05) is 30.3 Å². The number of hydrogen-bond donors (Lipinski definition) is 0. The molecule has 2 aromatic carbocycles. The predicted octanol–water partition coefficient (Wildman–Crippen LogP) is 5.87. The van der Waals surface area contributed by atoms with Crippen LogP contribution >= 0.6 is 0 Å². The minimum atomic E-state index is 0.667. The van der Waals surface area contributed by atoms with Crippen LogP contribution in [0.5, 0.6) is 0 Å². The molecule has 5 nitrogen and oxygen atoms in total. The van der Waals surface area contributed by atoms with E-state index < -0.39 is 0 Å². The first-order chi connectivity index (χ1) is 15.2. The van der Waals surface area contributed by atoms with Gasteiger partial charge in [-0.2, -0.15) is 0 Å².